The van der Waals surface area contributed by atoms with Gasteiger partial charge in [0.15, 0.2) is 0 Å². The van der Waals surface area contributed by atoms with E-state index in [9.17, 15) is 5.11 Å². The summed E-state index contributed by atoms with van der Waals surface area (Å²) in [5.41, 5.74) is 6.22. The van der Waals surface area contributed by atoms with E-state index in [1.54, 1.807) is 19.1 Å². The lowest BCUT2D eigenvalue weighted by Crippen LogP contribution is -2.05. The van der Waals surface area contributed by atoms with Crippen LogP contribution in [0.2, 0.25) is 5.02 Å². The third-order valence-electron chi connectivity index (χ3n) is 1.79. The van der Waals surface area contributed by atoms with Crippen LogP contribution in [-0.2, 0) is 0 Å². The third kappa shape index (κ3) is 2.05. The van der Waals surface area contributed by atoms with Crippen molar-refractivity contribution in [3.05, 3.63) is 22.7 Å². The van der Waals surface area contributed by atoms with Crippen molar-refractivity contribution in [3.63, 3.8) is 0 Å². The highest BCUT2D eigenvalue weighted by Gasteiger charge is 2.11. The lowest BCUT2D eigenvalue weighted by molar-refractivity contribution is 0.410. The summed E-state index contributed by atoms with van der Waals surface area (Å²) in [6, 6.07) is 2.95. The van der Waals surface area contributed by atoms with Gasteiger partial charge in [-0.3, -0.25) is 0 Å². The minimum absolute atomic E-state index is 0.0254. The number of phenolic OH excluding ortho intramolecular Hbond substituents is 1. The normalized spacial score (nSPS) is 12.6. The average Bonchev–Trinajstić information content (AvgIpc) is 2.09. The van der Waals surface area contributed by atoms with Gasteiger partial charge in [0.05, 0.1) is 12.1 Å². The smallest absolute Gasteiger partial charge is 0.139 e. The number of hydrogen-bond donors (Lipinski definition) is 2. The molecule has 1 rings (SSSR count). The van der Waals surface area contributed by atoms with E-state index in [0.717, 1.165) is 0 Å². The quantitative estimate of drug-likeness (QED) is 0.770. The molecule has 1 aromatic rings. The number of halogens is 1. The van der Waals surface area contributed by atoms with Crippen molar-refractivity contribution < 1.29 is 9.84 Å². The lowest BCUT2D eigenvalue weighted by atomic mass is 10.1. The third-order valence-corrected chi connectivity index (χ3v) is 2.08. The Bertz CT molecular complexity index is 313. The molecule has 3 N–H and O–H groups in total. The van der Waals surface area contributed by atoms with Gasteiger partial charge in [-0.15, -0.1) is 0 Å². The minimum Gasteiger partial charge on any atom is -0.506 e. The highest BCUT2D eigenvalue weighted by Crippen LogP contribution is 2.34. The molecule has 0 fully saturated rings. The summed E-state index contributed by atoms with van der Waals surface area (Å²) in [4.78, 5) is 0. The second kappa shape index (κ2) is 3.85. The van der Waals surface area contributed by atoms with Crippen LogP contribution in [0, 0.1) is 0 Å². The number of aromatic hydroxyl groups is 1. The molecule has 0 saturated carbocycles. The number of benzene rings is 1. The van der Waals surface area contributed by atoms with E-state index >= 15 is 0 Å². The summed E-state index contributed by atoms with van der Waals surface area (Å²) in [6.07, 6.45) is 0. The molecule has 3 nitrogen and oxygen atoms in total. The first kappa shape index (κ1) is 10.2. The number of ether oxygens (including phenoxy) is 1. The second-order valence-electron chi connectivity index (χ2n) is 2.84. The molecule has 72 valence electrons. The Morgan fingerprint density at radius 3 is 2.62 bits per heavy atom. The zero-order valence-corrected chi connectivity index (χ0v) is 8.30. The molecule has 1 unspecified atom stereocenters. The predicted octanol–water partition coefficient (Wildman–Crippen LogP) is 2.07. The second-order valence-corrected chi connectivity index (χ2v) is 3.24. The molecular weight excluding hydrogens is 190 g/mol. The molecule has 0 aliphatic heterocycles. The van der Waals surface area contributed by atoms with E-state index in [-0.39, 0.29) is 16.8 Å². The van der Waals surface area contributed by atoms with E-state index in [4.69, 9.17) is 22.1 Å². The van der Waals surface area contributed by atoms with Gasteiger partial charge in [0.1, 0.15) is 11.5 Å². The number of nitrogens with two attached hydrogens (primary N) is 1. The van der Waals surface area contributed by atoms with Gasteiger partial charge in [-0.05, 0) is 13.0 Å². The molecular formula is C9H12ClNO2. The molecule has 0 aliphatic carbocycles. The van der Waals surface area contributed by atoms with Crippen LogP contribution in [0.25, 0.3) is 0 Å². The molecule has 0 aromatic heterocycles. The largest absolute Gasteiger partial charge is 0.506 e. The monoisotopic (exact) mass is 201 g/mol. The SMILES string of the molecule is COc1cc(Cl)c(O)c(C(C)N)c1. The van der Waals surface area contributed by atoms with Gasteiger partial charge in [-0.2, -0.15) is 0 Å². The van der Waals surface area contributed by atoms with Gasteiger partial charge >= 0.3 is 0 Å². The van der Waals surface area contributed by atoms with Crippen molar-refractivity contribution >= 4 is 11.6 Å². The van der Waals surface area contributed by atoms with Crippen LogP contribution >= 0.6 is 11.6 Å². The van der Waals surface area contributed by atoms with Gasteiger partial charge < -0.3 is 15.6 Å². The zero-order valence-electron chi connectivity index (χ0n) is 7.54. The van der Waals surface area contributed by atoms with Crippen LogP contribution < -0.4 is 10.5 Å². The van der Waals surface area contributed by atoms with E-state index < -0.39 is 0 Å². The van der Waals surface area contributed by atoms with E-state index in [2.05, 4.69) is 0 Å². The maximum atomic E-state index is 9.52. The first-order chi connectivity index (χ1) is 6.06. The average molecular weight is 202 g/mol. The molecule has 13 heavy (non-hydrogen) atoms. The van der Waals surface area contributed by atoms with Gasteiger partial charge in [-0.25, -0.2) is 0 Å². The zero-order chi connectivity index (χ0) is 10.0. The number of hydrogen-bond acceptors (Lipinski definition) is 3. The standard InChI is InChI=1S/C9H12ClNO2/c1-5(11)7-3-6(13-2)4-8(10)9(7)12/h3-5,12H,11H2,1-2H3. The molecule has 0 amide bonds. The Morgan fingerprint density at radius 1 is 1.54 bits per heavy atom. The molecule has 0 bridgehead atoms. The Hall–Kier alpha value is -0.930. The van der Waals surface area contributed by atoms with E-state index in [1.807, 2.05) is 0 Å². The first-order valence-corrected chi connectivity index (χ1v) is 4.26. The van der Waals surface area contributed by atoms with Crippen LogP contribution in [0.5, 0.6) is 11.5 Å². The highest BCUT2D eigenvalue weighted by atomic mass is 35.5. The number of rotatable bonds is 2. The van der Waals surface area contributed by atoms with Crippen LogP contribution in [0.3, 0.4) is 0 Å². The summed E-state index contributed by atoms with van der Waals surface area (Å²) in [5.74, 6) is 0.618. The Balaban J connectivity index is 3.25. The van der Waals surface area contributed by atoms with E-state index in [1.165, 1.54) is 7.11 Å². The maximum absolute atomic E-state index is 9.52. The molecule has 1 atom stereocenters. The fraction of sp³-hybridized carbons (Fsp3) is 0.333. The minimum atomic E-state index is -0.271. The molecule has 0 radical (unpaired) electrons. The first-order valence-electron chi connectivity index (χ1n) is 3.88. The maximum Gasteiger partial charge on any atom is 0.139 e. The molecule has 0 aliphatic rings. The lowest BCUT2D eigenvalue weighted by Gasteiger charge is -2.11. The van der Waals surface area contributed by atoms with Crippen LogP contribution in [-0.4, -0.2) is 12.2 Å². The van der Waals surface area contributed by atoms with Crippen molar-refractivity contribution in [1.82, 2.24) is 0 Å². The number of methoxy groups -OCH3 is 1. The van der Waals surface area contributed by atoms with Crippen LogP contribution in [0.1, 0.15) is 18.5 Å². The molecule has 4 heteroatoms. The Morgan fingerprint density at radius 2 is 2.15 bits per heavy atom. The molecule has 0 spiro atoms. The highest BCUT2D eigenvalue weighted by molar-refractivity contribution is 6.32. The van der Waals surface area contributed by atoms with Crippen molar-refractivity contribution in [2.75, 3.05) is 7.11 Å². The van der Waals surface area contributed by atoms with Crippen LogP contribution in [0.4, 0.5) is 0 Å². The van der Waals surface area contributed by atoms with E-state index in [0.29, 0.717) is 11.3 Å². The van der Waals surface area contributed by atoms with Crippen LogP contribution in [0.15, 0.2) is 12.1 Å². The number of phenols is 1. The molecule has 0 heterocycles. The predicted molar refractivity (Wildman–Crippen MR) is 52.3 cm³/mol. The molecule has 1 aromatic carbocycles. The topological polar surface area (TPSA) is 55.5 Å². The molecule has 0 saturated heterocycles. The summed E-state index contributed by atoms with van der Waals surface area (Å²) < 4.78 is 4.99. The Kier molecular flexibility index (Phi) is 3.01. The van der Waals surface area contributed by atoms with Gasteiger partial charge in [0.2, 0.25) is 0 Å². The summed E-state index contributed by atoms with van der Waals surface area (Å²) in [5, 5.41) is 9.78. The van der Waals surface area contributed by atoms with Crippen molar-refractivity contribution in [3.8, 4) is 11.5 Å². The van der Waals surface area contributed by atoms with Crippen molar-refractivity contribution in [2.24, 2.45) is 5.73 Å². The fourth-order valence-electron chi connectivity index (χ4n) is 1.06. The van der Waals surface area contributed by atoms with Gasteiger partial charge in [-0.1, -0.05) is 11.6 Å². The summed E-state index contributed by atoms with van der Waals surface area (Å²) in [7, 11) is 1.54. The summed E-state index contributed by atoms with van der Waals surface area (Å²) in [6.45, 7) is 1.77. The van der Waals surface area contributed by atoms with Gasteiger partial charge in [0.25, 0.3) is 0 Å². The van der Waals surface area contributed by atoms with Crippen molar-refractivity contribution in [2.45, 2.75) is 13.0 Å². The van der Waals surface area contributed by atoms with Gasteiger partial charge in [0, 0.05) is 17.7 Å². The Labute approximate surface area is 82.1 Å². The fourth-order valence-corrected chi connectivity index (χ4v) is 1.28. The summed E-state index contributed by atoms with van der Waals surface area (Å²) >= 11 is 5.76. The van der Waals surface area contributed by atoms with Crippen molar-refractivity contribution in [1.29, 1.82) is 0 Å².